The van der Waals surface area contributed by atoms with Crippen LogP contribution in [0.1, 0.15) is 27.9 Å². The van der Waals surface area contributed by atoms with Gasteiger partial charge in [0, 0.05) is 23.1 Å². The van der Waals surface area contributed by atoms with Crippen molar-refractivity contribution in [3.63, 3.8) is 0 Å². The number of carbonyl (C=O) groups is 1. The van der Waals surface area contributed by atoms with Crippen molar-refractivity contribution >= 4 is 129 Å². The summed E-state index contributed by atoms with van der Waals surface area (Å²) in [6.45, 7) is 0.0811. The number of ketones is 1. The smallest absolute Gasteiger partial charge is 0.296 e. The summed E-state index contributed by atoms with van der Waals surface area (Å²) in [6, 6.07) is 22.7. The summed E-state index contributed by atoms with van der Waals surface area (Å²) in [7, 11) is -14.2. The molecule has 0 saturated carbocycles. The molecule has 27 nitrogen and oxygen atoms in total. The number of para-hydroxylation sites is 1. The van der Waals surface area contributed by atoms with Crippen LogP contribution in [0.4, 0.5) is 52.1 Å². The Bertz CT molecular complexity index is 3870. The van der Waals surface area contributed by atoms with Crippen molar-refractivity contribution in [2.24, 2.45) is 4.99 Å². The van der Waals surface area contributed by atoms with Crippen molar-refractivity contribution in [1.29, 1.82) is 5.26 Å². The van der Waals surface area contributed by atoms with Crippen LogP contribution in [0.15, 0.2) is 120 Å². The molecule has 1 aliphatic carbocycles. The van der Waals surface area contributed by atoms with Crippen molar-refractivity contribution < 1.29 is 68.4 Å². The Morgan fingerprint density at radius 2 is 1.40 bits per heavy atom. The van der Waals surface area contributed by atoms with E-state index in [0.717, 1.165) is 30.3 Å². The second kappa shape index (κ2) is 20.1. The molecule has 73 heavy (non-hydrogen) atoms. The maximum Gasteiger partial charge on any atom is 0.296 e. The van der Waals surface area contributed by atoms with E-state index in [1.165, 1.54) is 18.2 Å². The van der Waals surface area contributed by atoms with E-state index in [1.807, 2.05) is 6.07 Å². The van der Waals surface area contributed by atoms with Gasteiger partial charge in [0.05, 0.1) is 96.3 Å². The molecular formula is C41H30N12O15S5. The first kappa shape index (κ1) is 50.3. The zero-order valence-electron chi connectivity index (χ0n) is 36.2. The third-order valence-corrected chi connectivity index (χ3v) is 15.0. The minimum Gasteiger partial charge on any atom is -0.368 e. The van der Waals surface area contributed by atoms with Gasteiger partial charge >= 0.3 is 0 Å². The van der Waals surface area contributed by atoms with Crippen molar-refractivity contribution in [1.82, 2.24) is 24.7 Å². The Hall–Kier alpha value is -7.62. The highest BCUT2D eigenvalue weighted by Crippen LogP contribution is 2.48. The number of nitrogen functional groups attached to an aromatic ring is 1. The molecule has 5 aromatic carbocycles. The van der Waals surface area contributed by atoms with Gasteiger partial charge in [-0.2, -0.15) is 37.0 Å². The number of amidine groups is 1. The number of anilines is 8. The molecule has 0 saturated heterocycles. The predicted molar refractivity (Wildman–Crippen MR) is 260 cm³/mol. The zero-order valence-corrected chi connectivity index (χ0v) is 40.2. The number of aliphatic imine (C=N–C) groups is 1. The molecule has 11 N–H and O–H groups in total. The Labute approximate surface area is 419 Å². The first-order valence-electron chi connectivity index (χ1n) is 20.2. The van der Waals surface area contributed by atoms with Gasteiger partial charge in [0.25, 0.3) is 30.3 Å². The maximum absolute atomic E-state index is 14.9. The number of nitrogens with zero attached hydrogens (tertiary/aromatic N) is 6. The summed E-state index contributed by atoms with van der Waals surface area (Å²) in [4.78, 5) is 34.9. The fourth-order valence-electron chi connectivity index (χ4n) is 7.68. The predicted octanol–water partition coefficient (Wildman–Crippen LogP) is 6.49. The minimum absolute atomic E-state index is 0.0145. The van der Waals surface area contributed by atoms with Crippen LogP contribution < -0.4 is 31.7 Å². The molecule has 2 aromatic heterocycles. The van der Waals surface area contributed by atoms with E-state index < -0.39 is 69.4 Å². The van der Waals surface area contributed by atoms with Crippen LogP contribution >= 0.6 is 24.1 Å². The summed E-state index contributed by atoms with van der Waals surface area (Å²) in [6.07, 6.45) is 0.0301. The number of nitrogens with one attached hydrogen (secondary N) is 5. The van der Waals surface area contributed by atoms with Crippen LogP contribution in [0, 0.1) is 11.3 Å². The number of rotatable bonds is 18. The van der Waals surface area contributed by atoms with Gasteiger partial charge in [-0.25, -0.2) is 28.9 Å². The topological polar surface area (TPSA) is 411 Å². The molecule has 9 rings (SSSR count). The summed E-state index contributed by atoms with van der Waals surface area (Å²) < 4.78 is 109. The standard InChI is InChI=1S/C41H30N12O15S5/c42-14-5-15-44-37-35(38-46-22-8-3-4-9-30(22)71(57,58)53-38)32-20-6-1-2-7-21(20)36(54)34-24(12-11-23(47-37)33(32)34)45-26-17-27(31(73(62,63)64)18-29(26)70-68-66-56)49-41-51-39(43)50-40(52-41)48-25-16-19(72(59,60)61)10-13-28(25)69-67-65-55/h1-4,6-13,16-18,45,55-56H,5,15H2,(H,44,47)(H,46,53)(H,59,60,61)(H,62,63,64)(H4,43,48,49,50,51,52). The summed E-state index contributed by atoms with van der Waals surface area (Å²) in [5.74, 6) is -1.97. The minimum atomic E-state index is -5.18. The van der Waals surface area contributed by atoms with Gasteiger partial charge in [-0.05, 0) is 60.2 Å². The van der Waals surface area contributed by atoms with E-state index in [0.29, 0.717) is 23.2 Å². The lowest BCUT2D eigenvalue weighted by molar-refractivity contribution is -0.432. The van der Waals surface area contributed by atoms with Crippen LogP contribution in [0.5, 0.6) is 0 Å². The van der Waals surface area contributed by atoms with Gasteiger partial charge in [-0.15, -0.1) is 8.67 Å². The average Bonchev–Trinajstić information content (AvgIpc) is 3.34. The van der Waals surface area contributed by atoms with Crippen LogP contribution in [-0.4, -0.2) is 83.0 Å². The summed E-state index contributed by atoms with van der Waals surface area (Å²) >= 11 is 0.651. The number of hydrogen-bond acceptors (Lipinski definition) is 26. The van der Waals surface area contributed by atoms with E-state index in [9.17, 15) is 44.4 Å². The molecule has 0 radical (unpaired) electrons. The van der Waals surface area contributed by atoms with Crippen molar-refractivity contribution in [2.45, 2.75) is 30.9 Å². The van der Waals surface area contributed by atoms with Gasteiger partial charge < -0.3 is 27.0 Å². The molecule has 0 unspecified atom stereocenters. The van der Waals surface area contributed by atoms with Gasteiger partial charge in [-0.3, -0.25) is 18.6 Å². The molecule has 0 bridgehead atoms. The number of aromatic nitrogens is 4. The van der Waals surface area contributed by atoms with Crippen LogP contribution in [-0.2, 0) is 49.0 Å². The van der Waals surface area contributed by atoms with Gasteiger partial charge in [0.1, 0.15) is 15.6 Å². The van der Waals surface area contributed by atoms with E-state index in [1.54, 1.807) is 42.5 Å². The third-order valence-electron chi connectivity index (χ3n) is 10.5. The molecule has 1 aliphatic heterocycles. The molecule has 0 atom stereocenters. The Morgan fingerprint density at radius 1 is 0.726 bits per heavy atom. The van der Waals surface area contributed by atoms with Gasteiger partial charge in [0.15, 0.2) is 11.6 Å². The fourth-order valence-corrected chi connectivity index (χ4v) is 11.0. The third kappa shape index (κ3) is 10.2. The van der Waals surface area contributed by atoms with E-state index >= 15 is 0 Å². The molecule has 374 valence electrons. The first-order valence-corrected chi connectivity index (χ1v) is 26.1. The van der Waals surface area contributed by atoms with Crippen molar-refractivity contribution in [3.05, 3.63) is 108 Å². The number of carbonyl (C=O) groups excluding carboxylic acids is 1. The molecule has 0 amide bonds. The molecular weight excluding hydrogens is 1060 g/mol. The number of pyridine rings is 1. The number of hydrogen-bond donors (Lipinski definition) is 10. The number of nitrogens with two attached hydrogens (primary N) is 1. The molecule has 2 aliphatic rings. The van der Waals surface area contributed by atoms with E-state index in [4.69, 9.17) is 30.6 Å². The SMILES string of the molecule is N#CCCNc1nc2ccc(Nc3cc(Nc4nc(N)nc(Nc5cc(S(=O)(=O)O)ccc5SOOO)n4)c(S(=O)(=O)O)cc3SOOO)c3c2c(c1C1=Nc2ccccc2S(=O)(=O)N1)-c1ccccc1C3=O. The van der Waals surface area contributed by atoms with Crippen molar-refractivity contribution in [3.8, 4) is 17.2 Å². The largest absolute Gasteiger partial charge is 0.368 e. The molecule has 0 spiro atoms. The molecule has 7 aromatic rings. The number of fused-ring (bicyclic) bond motifs is 3. The highest BCUT2D eigenvalue weighted by atomic mass is 32.2. The van der Waals surface area contributed by atoms with E-state index in [2.05, 4.69) is 55.4 Å². The first-order chi connectivity index (χ1) is 34.9. The highest BCUT2D eigenvalue weighted by molar-refractivity contribution is 7.95. The lowest BCUT2D eigenvalue weighted by atomic mass is 9.81. The summed E-state index contributed by atoms with van der Waals surface area (Å²) in [5, 5.41) is 46.5. The molecule has 32 heteroatoms. The van der Waals surface area contributed by atoms with Crippen LogP contribution in [0.3, 0.4) is 0 Å². The van der Waals surface area contributed by atoms with Crippen LogP contribution in [0.25, 0.3) is 22.0 Å². The average molecular weight is 1090 g/mol. The molecule has 3 heterocycles. The Kier molecular flexibility index (Phi) is 13.9. The maximum atomic E-state index is 14.9. The Morgan fingerprint density at radius 3 is 2.10 bits per heavy atom. The van der Waals surface area contributed by atoms with Gasteiger partial charge in [-0.1, -0.05) is 46.5 Å². The second-order valence-electron chi connectivity index (χ2n) is 15.0. The van der Waals surface area contributed by atoms with Gasteiger partial charge in [0.2, 0.25) is 17.8 Å². The quantitative estimate of drug-likeness (QED) is 0.0144. The second-order valence-corrected chi connectivity index (χ2v) is 20.9. The lowest BCUT2D eigenvalue weighted by Crippen LogP contribution is -2.35. The molecule has 0 fully saturated rings. The normalized spacial score (nSPS) is 13.5. The van der Waals surface area contributed by atoms with Crippen molar-refractivity contribution in [2.75, 3.05) is 33.5 Å². The fraction of sp³-hybridized carbons (Fsp3) is 0.0488. The number of benzene rings is 5. The number of sulfonamides is 1. The lowest BCUT2D eigenvalue weighted by Gasteiger charge is -2.28. The highest BCUT2D eigenvalue weighted by Gasteiger charge is 2.36. The Balaban J connectivity index is 1.20. The monoisotopic (exact) mass is 1090 g/mol. The number of nitriles is 1. The van der Waals surface area contributed by atoms with Crippen LogP contribution in [0.2, 0.25) is 0 Å². The zero-order chi connectivity index (χ0) is 51.8. The summed E-state index contributed by atoms with van der Waals surface area (Å²) in [5.41, 5.74) is 6.66. The van der Waals surface area contributed by atoms with E-state index in [-0.39, 0.29) is 102 Å².